The average Bonchev–Trinajstić information content (AvgIpc) is 3.17. The fourth-order valence-electron chi connectivity index (χ4n) is 2.66. The summed E-state index contributed by atoms with van der Waals surface area (Å²) in [6.07, 6.45) is 0.226. The highest BCUT2D eigenvalue weighted by Gasteiger charge is 2.30. The summed E-state index contributed by atoms with van der Waals surface area (Å²) in [7, 11) is -3.60. The van der Waals surface area contributed by atoms with E-state index in [0.29, 0.717) is 4.88 Å². The number of nitrogens with one attached hydrogen (secondary N) is 1. The van der Waals surface area contributed by atoms with Gasteiger partial charge < -0.3 is 5.32 Å². The quantitative estimate of drug-likeness (QED) is 0.676. The first-order valence-electron chi connectivity index (χ1n) is 8.20. The molecule has 0 bridgehead atoms. The fourth-order valence-corrected chi connectivity index (χ4v) is 5.47. The van der Waals surface area contributed by atoms with Gasteiger partial charge in [0, 0.05) is 11.4 Å². The van der Waals surface area contributed by atoms with E-state index in [4.69, 9.17) is 0 Å². The summed E-state index contributed by atoms with van der Waals surface area (Å²) in [4.78, 5) is 13.2. The summed E-state index contributed by atoms with van der Waals surface area (Å²) in [5, 5.41) is 3.82. The molecule has 1 aromatic heterocycles. The predicted octanol–water partition coefficient (Wildman–Crippen LogP) is 3.62. The number of benzene rings is 2. The van der Waals surface area contributed by atoms with Crippen LogP contribution in [0.1, 0.15) is 15.7 Å². The lowest BCUT2D eigenvalue weighted by Crippen LogP contribution is -2.32. The maximum Gasteiger partial charge on any atom is 0.224 e. The van der Waals surface area contributed by atoms with E-state index in [-0.39, 0.29) is 23.8 Å². The van der Waals surface area contributed by atoms with E-state index in [2.05, 4.69) is 5.32 Å². The zero-order valence-electron chi connectivity index (χ0n) is 14.0. The molecule has 0 aliphatic carbocycles. The number of rotatable bonds is 7. The van der Waals surface area contributed by atoms with Crippen molar-refractivity contribution >= 4 is 27.1 Å². The molecule has 1 N–H and O–H groups in total. The third-order valence-electron chi connectivity index (χ3n) is 4.00. The van der Waals surface area contributed by atoms with E-state index >= 15 is 0 Å². The lowest BCUT2D eigenvalue weighted by Gasteiger charge is -2.17. The molecule has 0 fully saturated rings. The largest absolute Gasteiger partial charge is 0.354 e. The second-order valence-electron chi connectivity index (χ2n) is 5.83. The molecule has 1 amide bonds. The van der Waals surface area contributed by atoms with Crippen molar-refractivity contribution in [3.05, 3.63) is 88.6 Å². The van der Waals surface area contributed by atoms with E-state index < -0.39 is 15.1 Å². The number of carbonyl (C=O) groups is 1. The lowest BCUT2D eigenvalue weighted by molar-refractivity contribution is -0.120. The fraction of sp³-hybridized carbons (Fsp3) is 0.150. The molecule has 0 aliphatic heterocycles. The number of sulfone groups is 1. The zero-order chi connectivity index (χ0) is 18.4. The van der Waals surface area contributed by atoms with E-state index in [9.17, 15) is 13.2 Å². The van der Waals surface area contributed by atoms with Gasteiger partial charge in [0.05, 0.1) is 11.3 Å². The number of amides is 1. The second kappa shape index (κ2) is 8.29. The number of carbonyl (C=O) groups excluding carboxylic acids is 1. The van der Waals surface area contributed by atoms with Gasteiger partial charge in [0.2, 0.25) is 5.91 Å². The molecule has 26 heavy (non-hydrogen) atoms. The van der Waals surface area contributed by atoms with Crippen molar-refractivity contribution in [2.75, 3.05) is 6.54 Å². The number of hydrogen-bond acceptors (Lipinski definition) is 4. The molecule has 1 heterocycles. The van der Waals surface area contributed by atoms with Crippen molar-refractivity contribution in [1.29, 1.82) is 0 Å². The minimum atomic E-state index is -3.60. The van der Waals surface area contributed by atoms with E-state index in [1.165, 1.54) is 11.3 Å². The Labute approximate surface area is 157 Å². The number of thiophene rings is 1. The Bertz CT molecular complexity index is 937. The molecule has 4 nitrogen and oxygen atoms in total. The van der Waals surface area contributed by atoms with Crippen molar-refractivity contribution in [2.45, 2.75) is 16.6 Å². The van der Waals surface area contributed by atoms with Crippen LogP contribution >= 0.6 is 11.3 Å². The summed E-state index contributed by atoms with van der Waals surface area (Å²) >= 11 is 1.38. The molecule has 1 unspecified atom stereocenters. The minimum Gasteiger partial charge on any atom is -0.354 e. The van der Waals surface area contributed by atoms with Crippen molar-refractivity contribution in [2.24, 2.45) is 0 Å². The van der Waals surface area contributed by atoms with Gasteiger partial charge in [-0.2, -0.15) is 0 Å². The Morgan fingerprint density at radius 2 is 1.58 bits per heavy atom. The smallest absolute Gasteiger partial charge is 0.224 e. The molecule has 6 heteroatoms. The van der Waals surface area contributed by atoms with Crippen LogP contribution < -0.4 is 5.32 Å². The predicted molar refractivity (Wildman–Crippen MR) is 104 cm³/mol. The molecule has 134 valence electrons. The second-order valence-corrected chi connectivity index (χ2v) is 8.94. The SMILES string of the molecule is O=C(Cc1ccccc1)NCC(c1cccs1)S(=O)(=O)c1ccccc1. The summed E-state index contributed by atoms with van der Waals surface area (Å²) < 4.78 is 26.1. The van der Waals surface area contributed by atoms with Gasteiger partial charge in [-0.05, 0) is 29.1 Å². The van der Waals surface area contributed by atoms with Crippen LogP contribution in [0.25, 0.3) is 0 Å². The van der Waals surface area contributed by atoms with Crippen LogP contribution in [0.3, 0.4) is 0 Å². The van der Waals surface area contributed by atoms with Gasteiger partial charge in [0.15, 0.2) is 9.84 Å². The summed E-state index contributed by atoms with van der Waals surface area (Å²) in [6.45, 7) is 0.0450. The molecule has 0 spiro atoms. The molecule has 3 rings (SSSR count). The van der Waals surface area contributed by atoms with Crippen molar-refractivity contribution in [3.63, 3.8) is 0 Å². The zero-order valence-corrected chi connectivity index (χ0v) is 15.7. The van der Waals surface area contributed by atoms with Crippen LogP contribution in [0.2, 0.25) is 0 Å². The molecule has 0 aliphatic rings. The first-order chi connectivity index (χ1) is 12.6. The maximum absolute atomic E-state index is 13.1. The van der Waals surface area contributed by atoms with Crippen LogP contribution in [-0.4, -0.2) is 20.9 Å². The maximum atomic E-state index is 13.1. The van der Waals surface area contributed by atoms with Gasteiger partial charge in [0.1, 0.15) is 5.25 Å². The highest BCUT2D eigenvalue weighted by Crippen LogP contribution is 2.31. The van der Waals surface area contributed by atoms with Gasteiger partial charge in [-0.3, -0.25) is 4.79 Å². The first-order valence-corrected chi connectivity index (χ1v) is 10.6. The van der Waals surface area contributed by atoms with Gasteiger partial charge in [-0.1, -0.05) is 54.6 Å². The third kappa shape index (κ3) is 4.39. The average molecular weight is 386 g/mol. The first kappa shape index (κ1) is 18.4. The van der Waals surface area contributed by atoms with Crippen LogP contribution in [0.4, 0.5) is 0 Å². The molecular weight excluding hydrogens is 366 g/mol. The van der Waals surface area contributed by atoms with E-state index in [1.54, 1.807) is 36.4 Å². The Kier molecular flexibility index (Phi) is 5.85. The molecule has 3 aromatic rings. The van der Waals surface area contributed by atoms with E-state index in [0.717, 1.165) is 5.56 Å². The Morgan fingerprint density at radius 1 is 0.923 bits per heavy atom. The highest BCUT2D eigenvalue weighted by molar-refractivity contribution is 7.91. The summed E-state index contributed by atoms with van der Waals surface area (Å²) in [5.74, 6) is -0.194. The monoisotopic (exact) mass is 385 g/mol. The molecule has 1 atom stereocenters. The molecule has 2 aromatic carbocycles. The molecular formula is C20H19NO3S2. The Morgan fingerprint density at radius 3 is 2.19 bits per heavy atom. The van der Waals surface area contributed by atoms with Crippen LogP contribution in [0, 0.1) is 0 Å². The lowest BCUT2D eigenvalue weighted by atomic mass is 10.1. The Balaban J connectivity index is 1.77. The van der Waals surface area contributed by atoms with Gasteiger partial charge in [0.25, 0.3) is 0 Å². The minimum absolute atomic E-state index is 0.0450. The molecule has 0 radical (unpaired) electrons. The van der Waals surface area contributed by atoms with Gasteiger partial charge in [-0.15, -0.1) is 11.3 Å². The van der Waals surface area contributed by atoms with Crippen molar-refractivity contribution in [3.8, 4) is 0 Å². The summed E-state index contributed by atoms with van der Waals surface area (Å²) in [5.41, 5.74) is 0.892. The van der Waals surface area contributed by atoms with Gasteiger partial charge in [-0.25, -0.2) is 8.42 Å². The normalized spacial score (nSPS) is 12.5. The van der Waals surface area contributed by atoms with Crippen LogP contribution in [-0.2, 0) is 21.1 Å². The van der Waals surface area contributed by atoms with Crippen molar-refractivity contribution < 1.29 is 13.2 Å². The topological polar surface area (TPSA) is 63.2 Å². The standard InChI is InChI=1S/C20H19NO3S2/c22-20(14-16-8-3-1-4-9-16)21-15-19(18-12-7-13-25-18)26(23,24)17-10-5-2-6-11-17/h1-13,19H,14-15H2,(H,21,22). The third-order valence-corrected chi connectivity index (χ3v) is 7.23. The molecule has 0 saturated heterocycles. The number of hydrogen-bond donors (Lipinski definition) is 1. The highest BCUT2D eigenvalue weighted by atomic mass is 32.2. The molecule has 0 saturated carbocycles. The summed E-state index contributed by atoms with van der Waals surface area (Å²) in [6, 6.07) is 21.3. The van der Waals surface area contributed by atoms with Crippen molar-refractivity contribution in [1.82, 2.24) is 5.32 Å². The van der Waals surface area contributed by atoms with Crippen LogP contribution in [0.5, 0.6) is 0 Å². The van der Waals surface area contributed by atoms with E-state index in [1.807, 2.05) is 41.8 Å². The van der Waals surface area contributed by atoms with Crippen LogP contribution in [0.15, 0.2) is 83.1 Å². The van der Waals surface area contributed by atoms with Gasteiger partial charge >= 0.3 is 0 Å². The Hall–Kier alpha value is -2.44.